The van der Waals surface area contributed by atoms with Crippen molar-refractivity contribution in [1.29, 1.82) is 0 Å². The molecule has 1 aromatic rings. The Morgan fingerprint density at radius 1 is 1.08 bits per heavy atom. The van der Waals surface area contributed by atoms with Gasteiger partial charge in [0.05, 0.1) is 12.6 Å². The van der Waals surface area contributed by atoms with Crippen molar-refractivity contribution in [3.05, 3.63) is 47.2 Å². The molecule has 2 N–H and O–H groups in total. The van der Waals surface area contributed by atoms with Crippen LogP contribution in [0, 0.1) is 5.92 Å². The number of carbonyl (C=O) groups excluding carboxylic acids is 3. The first kappa shape index (κ1) is 27.7. The summed E-state index contributed by atoms with van der Waals surface area (Å²) in [5.41, 5.74) is 1.47. The van der Waals surface area contributed by atoms with Crippen LogP contribution >= 0.6 is 0 Å². The minimum Gasteiger partial charge on any atom is -0.443 e. The normalized spacial score (nSPS) is 20.8. The fraction of sp³-hybridized carbons (Fsp3) is 0.607. The molecule has 0 aromatic heterocycles. The lowest BCUT2D eigenvalue weighted by atomic mass is 9.86. The largest absolute Gasteiger partial charge is 0.443 e. The van der Waals surface area contributed by atoms with Crippen molar-refractivity contribution in [2.75, 3.05) is 13.1 Å². The first-order chi connectivity index (χ1) is 16.6. The molecule has 198 valence electrons. The van der Waals surface area contributed by atoms with E-state index in [1.54, 1.807) is 43.9 Å². The summed E-state index contributed by atoms with van der Waals surface area (Å²) in [6, 6.07) is 6.03. The number of hydrogen-bond acceptors (Lipinski definition) is 5. The Hall–Kier alpha value is -2.87. The molecule has 2 aliphatic heterocycles. The van der Waals surface area contributed by atoms with Crippen LogP contribution in [0.3, 0.4) is 0 Å². The zero-order valence-electron chi connectivity index (χ0n) is 22.8. The maximum absolute atomic E-state index is 13.7. The molecule has 0 unspecified atom stereocenters. The van der Waals surface area contributed by atoms with E-state index in [2.05, 4.69) is 26.1 Å². The maximum atomic E-state index is 13.7. The van der Waals surface area contributed by atoms with E-state index in [-0.39, 0.29) is 36.2 Å². The number of aliphatic hydroxyl groups excluding tert-OH is 1. The van der Waals surface area contributed by atoms with Gasteiger partial charge in [0.2, 0.25) is 5.91 Å². The number of fused-ring (bicyclic) bond motifs is 1. The number of nitrogens with one attached hydrogen (secondary N) is 1. The number of β-amino-alcohol motifs (C(OH)–C–C–N with tert-alkyl or cyclic N) is 1. The highest BCUT2D eigenvalue weighted by molar-refractivity contribution is 5.97. The summed E-state index contributed by atoms with van der Waals surface area (Å²) in [7, 11) is 0. The van der Waals surface area contributed by atoms with E-state index in [0.717, 1.165) is 5.56 Å². The number of ether oxygens (including phenoxy) is 1. The number of hydrogen-bond donors (Lipinski definition) is 2. The van der Waals surface area contributed by atoms with Crippen LogP contribution in [0.4, 0.5) is 4.79 Å². The van der Waals surface area contributed by atoms with Gasteiger partial charge in [-0.15, -0.1) is 0 Å². The first-order valence-electron chi connectivity index (χ1n) is 12.7. The lowest BCUT2D eigenvalue weighted by Crippen LogP contribution is -2.53. The fourth-order valence-corrected chi connectivity index (χ4v) is 4.63. The van der Waals surface area contributed by atoms with Gasteiger partial charge < -0.3 is 20.1 Å². The van der Waals surface area contributed by atoms with E-state index in [0.29, 0.717) is 17.7 Å². The van der Waals surface area contributed by atoms with Crippen molar-refractivity contribution in [2.24, 2.45) is 5.92 Å². The Labute approximate surface area is 214 Å². The molecule has 3 atom stereocenters. The number of carbonyl (C=O) groups is 3. The van der Waals surface area contributed by atoms with Gasteiger partial charge in [0.15, 0.2) is 0 Å². The van der Waals surface area contributed by atoms with E-state index in [9.17, 15) is 19.5 Å². The Morgan fingerprint density at radius 2 is 1.69 bits per heavy atom. The number of amides is 3. The number of nitrogens with zero attached hydrogens (tertiary/aromatic N) is 2. The smallest absolute Gasteiger partial charge is 0.414 e. The van der Waals surface area contributed by atoms with Crippen LogP contribution < -0.4 is 5.32 Å². The molecule has 1 aromatic carbocycles. The predicted octanol–water partition coefficient (Wildman–Crippen LogP) is 3.83. The second kappa shape index (κ2) is 10.2. The topological polar surface area (TPSA) is 99.2 Å². The predicted molar refractivity (Wildman–Crippen MR) is 138 cm³/mol. The number of rotatable bonds is 5. The highest BCUT2D eigenvalue weighted by Crippen LogP contribution is 2.33. The molecule has 1 fully saturated rings. The molecule has 3 rings (SSSR count). The first-order valence-corrected chi connectivity index (χ1v) is 12.7. The molecule has 0 aliphatic carbocycles. The highest BCUT2D eigenvalue weighted by atomic mass is 16.6. The third kappa shape index (κ3) is 6.27. The molecule has 2 heterocycles. The van der Waals surface area contributed by atoms with Crippen molar-refractivity contribution >= 4 is 17.9 Å². The van der Waals surface area contributed by atoms with Crippen molar-refractivity contribution in [3.8, 4) is 0 Å². The molecular weight excluding hydrogens is 458 g/mol. The van der Waals surface area contributed by atoms with E-state index in [1.807, 2.05) is 26.0 Å². The molecule has 0 saturated carbocycles. The molecule has 3 amide bonds. The van der Waals surface area contributed by atoms with Gasteiger partial charge in [0.1, 0.15) is 17.7 Å². The van der Waals surface area contributed by atoms with Crippen molar-refractivity contribution in [2.45, 2.75) is 91.0 Å². The van der Waals surface area contributed by atoms with Crippen LogP contribution in [0.1, 0.15) is 77.7 Å². The van der Waals surface area contributed by atoms with Gasteiger partial charge in [-0.25, -0.2) is 4.79 Å². The summed E-state index contributed by atoms with van der Waals surface area (Å²) in [5, 5.41) is 13.7. The lowest BCUT2D eigenvalue weighted by Gasteiger charge is -2.30. The average Bonchev–Trinajstić information content (AvgIpc) is 3.32. The average molecular weight is 500 g/mol. The number of likely N-dealkylation sites (tertiary alicyclic amines) is 1. The van der Waals surface area contributed by atoms with Gasteiger partial charge >= 0.3 is 6.09 Å². The van der Waals surface area contributed by atoms with Crippen LogP contribution in [0.15, 0.2) is 36.0 Å². The quantitative estimate of drug-likeness (QED) is 0.641. The van der Waals surface area contributed by atoms with E-state index in [4.69, 9.17) is 4.74 Å². The Morgan fingerprint density at radius 3 is 2.22 bits per heavy atom. The van der Waals surface area contributed by atoms with Gasteiger partial charge in [0.25, 0.3) is 5.91 Å². The van der Waals surface area contributed by atoms with Crippen molar-refractivity contribution in [1.82, 2.24) is 15.1 Å². The summed E-state index contributed by atoms with van der Waals surface area (Å²) in [5.74, 6) is -0.432. The van der Waals surface area contributed by atoms with E-state index in [1.165, 1.54) is 4.90 Å². The van der Waals surface area contributed by atoms with Gasteiger partial charge in [-0.2, -0.15) is 0 Å². The molecule has 36 heavy (non-hydrogen) atoms. The SMILES string of the molecule is CC(C)C[C@H](NC(=O)c1ccc(C(C)(C)C)cc1)C(=O)N1CC=C2[C@H]1[C@@H](O)CN2C(=O)OC(C)(C)C. The highest BCUT2D eigenvalue weighted by Gasteiger charge is 2.48. The second-order valence-electron chi connectivity index (χ2n) is 12.2. The minimum absolute atomic E-state index is 0.0269. The summed E-state index contributed by atoms with van der Waals surface area (Å²) < 4.78 is 5.48. The maximum Gasteiger partial charge on any atom is 0.414 e. The Balaban J connectivity index is 1.75. The Bertz CT molecular complexity index is 1020. The molecule has 1 saturated heterocycles. The van der Waals surface area contributed by atoms with Gasteiger partial charge in [-0.05, 0) is 62.3 Å². The third-order valence-electron chi connectivity index (χ3n) is 6.40. The van der Waals surface area contributed by atoms with Gasteiger partial charge in [-0.3, -0.25) is 14.5 Å². The summed E-state index contributed by atoms with van der Waals surface area (Å²) in [6.45, 7) is 16.0. The van der Waals surface area contributed by atoms with Crippen LogP contribution in [0.2, 0.25) is 0 Å². The van der Waals surface area contributed by atoms with Gasteiger partial charge in [0, 0.05) is 17.8 Å². The molecule has 0 radical (unpaired) electrons. The molecular formula is C28H41N3O5. The lowest BCUT2D eigenvalue weighted by molar-refractivity contribution is -0.135. The standard InChI is InChI=1S/C28H41N3O5/c1-17(2)15-20(29-24(33)18-9-11-19(12-10-18)27(3,4)5)25(34)30-14-13-21-23(30)22(32)16-31(21)26(35)36-28(6,7)8/h9-13,17,20,22-23,32H,14-16H2,1-8H3,(H,29,33)/t20-,22-,23-/m0/s1. The van der Waals surface area contributed by atoms with Crippen LogP contribution in [0.5, 0.6) is 0 Å². The van der Waals surface area contributed by atoms with Crippen LogP contribution in [0.25, 0.3) is 0 Å². The van der Waals surface area contributed by atoms with Crippen molar-refractivity contribution < 1.29 is 24.2 Å². The molecule has 8 nitrogen and oxygen atoms in total. The number of benzene rings is 1. The molecule has 0 spiro atoms. The second-order valence-corrected chi connectivity index (χ2v) is 12.2. The van der Waals surface area contributed by atoms with E-state index >= 15 is 0 Å². The monoisotopic (exact) mass is 499 g/mol. The van der Waals surface area contributed by atoms with E-state index < -0.39 is 29.9 Å². The summed E-state index contributed by atoms with van der Waals surface area (Å²) in [4.78, 5) is 42.4. The summed E-state index contributed by atoms with van der Waals surface area (Å²) >= 11 is 0. The van der Waals surface area contributed by atoms with Crippen molar-refractivity contribution in [3.63, 3.8) is 0 Å². The zero-order valence-corrected chi connectivity index (χ0v) is 22.8. The number of aliphatic hydroxyl groups is 1. The van der Waals surface area contributed by atoms with Crippen LogP contribution in [-0.4, -0.2) is 69.7 Å². The molecule has 8 heteroatoms. The third-order valence-corrected chi connectivity index (χ3v) is 6.40. The fourth-order valence-electron chi connectivity index (χ4n) is 4.63. The molecule has 2 aliphatic rings. The van der Waals surface area contributed by atoms with Gasteiger partial charge in [-0.1, -0.05) is 46.8 Å². The minimum atomic E-state index is -0.935. The van der Waals surface area contributed by atoms with Crippen LogP contribution in [-0.2, 0) is 14.9 Å². The zero-order chi connectivity index (χ0) is 27.0. The summed E-state index contributed by atoms with van der Waals surface area (Å²) in [6.07, 6.45) is 0.753. The molecule has 0 bridgehead atoms. The Kier molecular flexibility index (Phi) is 7.89.